The number of aromatic amines is 1. The fourth-order valence-corrected chi connectivity index (χ4v) is 2.34. The summed E-state index contributed by atoms with van der Waals surface area (Å²) in [6.45, 7) is -0.0467. The third-order valence-electron chi connectivity index (χ3n) is 3.73. The van der Waals surface area contributed by atoms with Crippen molar-refractivity contribution in [1.29, 1.82) is 0 Å². The van der Waals surface area contributed by atoms with E-state index >= 15 is 0 Å². The Morgan fingerprint density at radius 3 is 2.72 bits per heavy atom. The van der Waals surface area contributed by atoms with E-state index in [9.17, 15) is 9.18 Å². The molecule has 1 N–H and O–H groups in total. The van der Waals surface area contributed by atoms with Crippen LogP contribution in [0.15, 0.2) is 54.6 Å². The van der Waals surface area contributed by atoms with Gasteiger partial charge in [0.2, 0.25) is 0 Å². The Hall–Kier alpha value is -3.15. The fraction of sp³-hybridized carbons (Fsp3) is 0.158. The Balaban J connectivity index is 1.86. The van der Waals surface area contributed by atoms with Crippen molar-refractivity contribution in [2.45, 2.75) is 0 Å². The van der Waals surface area contributed by atoms with Crippen molar-refractivity contribution < 1.29 is 13.9 Å². The van der Waals surface area contributed by atoms with Crippen molar-refractivity contribution >= 4 is 5.91 Å². The van der Waals surface area contributed by atoms with Gasteiger partial charge in [0.25, 0.3) is 5.91 Å². The summed E-state index contributed by atoms with van der Waals surface area (Å²) in [4.78, 5) is 13.2. The molecule has 6 heteroatoms. The van der Waals surface area contributed by atoms with Gasteiger partial charge in [-0.15, -0.1) is 0 Å². The van der Waals surface area contributed by atoms with Gasteiger partial charge in [-0.3, -0.25) is 9.89 Å². The Morgan fingerprint density at radius 1 is 1.16 bits per heavy atom. The molecule has 3 rings (SSSR count). The number of rotatable bonds is 5. The highest BCUT2D eigenvalue weighted by molar-refractivity contribution is 5.78. The van der Waals surface area contributed by atoms with Crippen LogP contribution in [0.4, 0.5) is 4.39 Å². The molecule has 1 amide bonds. The third-order valence-corrected chi connectivity index (χ3v) is 3.73. The molecular formula is C19H18FN3O2. The highest BCUT2D eigenvalue weighted by Crippen LogP contribution is 2.31. The topological polar surface area (TPSA) is 58.2 Å². The quantitative estimate of drug-likeness (QED) is 0.775. The van der Waals surface area contributed by atoms with Crippen molar-refractivity contribution in [1.82, 2.24) is 15.1 Å². The summed E-state index contributed by atoms with van der Waals surface area (Å²) in [6, 6.07) is 15.5. The molecule has 0 bridgehead atoms. The van der Waals surface area contributed by atoms with Crippen molar-refractivity contribution in [3.63, 3.8) is 0 Å². The summed E-state index contributed by atoms with van der Waals surface area (Å²) < 4.78 is 19.0. The molecule has 0 spiro atoms. The first-order valence-electron chi connectivity index (χ1n) is 7.78. The lowest BCUT2D eigenvalue weighted by Crippen LogP contribution is -2.27. The molecule has 0 unspecified atom stereocenters. The minimum atomic E-state index is -0.312. The van der Waals surface area contributed by atoms with Crippen LogP contribution in [0.25, 0.3) is 22.5 Å². The van der Waals surface area contributed by atoms with Gasteiger partial charge in [-0.25, -0.2) is 4.39 Å². The van der Waals surface area contributed by atoms with E-state index in [1.807, 2.05) is 24.3 Å². The van der Waals surface area contributed by atoms with E-state index in [0.29, 0.717) is 17.0 Å². The van der Waals surface area contributed by atoms with E-state index in [1.54, 1.807) is 32.3 Å². The highest BCUT2D eigenvalue weighted by Gasteiger charge is 2.12. The zero-order chi connectivity index (χ0) is 17.8. The molecule has 0 saturated carbocycles. The van der Waals surface area contributed by atoms with Gasteiger partial charge in [-0.1, -0.05) is 24.3 Å². The summed E-state index contributed by atoms with van der Waals surface area (Å²) >= 11 is 0. The molecule has 1 aromatic heterocycles. The Bertz CT molecular complexity index is 890. The first kappa shape index (κ1) is 16.7. The number of para-hydroxylation sites is 1. The molecule has 0 aliphatic heterocycles. The lowest BCUT2D eigenvalue weighted by atomic mass is 10.1. The van der Waals surface area contributed by atoms with Crippen LogP contribution in [0.3, 0.4) is 0 Å². The second kappa shape index (κ2) is 7.17. The number of amides is 1. The molecule has 1 heterocycles. The molecular weight excluding hydrogens is 321 g/mol. The molecule has 25 heavy (non-hydrogen) atoms. The van der Waals surface area contributed by atoms with Crippen LogP contribution in [-0.4, -0.2) is 41.7 Å². The van der Waals surface area contributed by atoms with E-state index in [2.05, 4.69) is 10.2 Å². The number of carbonyl (C=O) groups is 1. The van der Waals surface area contributed by atoms with Gasteiger partial charge in [-0.05, 0) is 30.3 Å². The maximum Gasteiger partial charge on any atom is 0.259 e. The van der Waals surface area contributed by atoms with Crippen molar-refractivity contribution in [3.05, 3.63) is 60.4 Å². The monoisotopic (exact) mass is 339 g/mol. The first-order chi connectivity index (χ1) is 12.0. The number of ether oxygens (including phenoxy) is 1. The van der Waals surface area contributed by atoms with Crippen LogP contribution in [0, 0.1) is 5.82 Å². The number of hydrogen-bond donors (Lipinski definition) is 1. The predicted octanol–water partition coefficient (Wildman–Crippen LogP) is 3.35. The van der Waals surface area contributed by atoms with E-state index in [4.69, 9.17) is 4.74 Å². The largest absolute Gasteiger partial charge is 0.483 e. The standard InChI is InChI=1S/C19H18FN3O2/c1-23(2)19(24)12-25-18-9-4-3-8-15(18)17-11-16(21-22-17)13-6-5-7-14(20)10-13/h3-11H,12H2,1-2H3,(H,21,22). The second-order valence-electron chi connectivity index (χ2n) is 5.75. The number of carbonyl (C=O) groups excluding carboxylic acids is 1. The van der Waals surface area contributed by atoms with Crippen LogP contribution < -0.4 is 4.74 Å². The predicted molar refractivity (Wildman–Crippen MR) is 93.6 cm³/mol. The molecule has 0 aliphatic rings. The number of H-pyrrole nitrogens is 1. The number of nitrogens with zero attached hydrogens (tertiary/aromatic N) is 2. The molecule has 2 aromatic carbocycles. The zero-order valence-corrected chi connectivity index (χ0v) is 14.0. The van der Waals surface area contributed by atoms with E-state index in [-0.39, 0.29) is 18.3 Å². The average molecular weight is 339 g/mol. The van der Waals surface area contributed by atoms with Crippen LogP contribution in [0.5, 0.6) is 5.75 Å². The fourth-order valence-electron chi connectivity index (χ4n) is 2.34. The second-order valence-corrected chi connectivity index (χ2v) is 5.75. The first-order valence-corrected chi connectivity index (χ1v) is 7.78. The van der Waals surface area contributed by atoms with Crippen LogP contribution in [0.1, 0.15) is 0 Å². The van der Waals surface area contributed by atoms with Gasteiger partial charge in [-0.2, -0.15) is 5.10 Å². The summed E-state index contributed by atoms with van der Waals surface area (Å²) in [5, 5.41) is 7.19. The molecule has 0 aliphatic carbocycles. The smallest absolute Gasteiger partial charge is 0.259 e. The number of nitrogens with one attached hydrogen (secondary N) is 1. The molecule has 0 saturated heterocycles. The van der Waals surface area contributed by atoms with Crippen molar-refractivity contribution in [2.24, 2.45) is 0 Å². The van der Waals surface area contributed by atoms with Crippen LogP contribution >= 0.6 is 0 Å². The van der Waals surface area contributed by atoms with Crippen LogP contribution in [0.2, 0.25) is 0 Å². The highest BCUT2D eigenvalue weighted by atomic mass is 19.1. The number of aromatic nitrogens is 2. The summed E-state index contributed by atoms with van der Waals surface area (Å²) in [7, 11) is 3.36. The molecule has 3 aromatic rings. The average Bonchev–Trinajstić information content (AvgIpc) is 3.09. The lowest BCUT2D eigenvalue weighted by molar-refractivity contribution is -0.130. The summed E-state index contributed by atoms with van der Waals surface area (Å²) in [5.74, 6) is 0.139. The molecule has 0 fully saturated rings. The Morgan fingerprint density at radius 2 is 1.96 bits per heavy atom. The summed E-state index contributed by atoms with van der Waals surface area (Å²) in [5.41, 5.74) is 2.83. The SMILES string of the molecule is CN(C)C(=O)COc1ccccc1-c1cc(-c2cccc(F)c2)n[nH]1. The third kappa shape index (κ3) is 3.85. The van der Waals surface area contributed by atoms with Gasteiger partial charge in [0.05, 0.1) is 11.4 Å². The zero-order valence-electron chi connectivity index (χ0n) is 14.0. The van der Waals surface area contributed by atoms with Gasteiger partial charge in [0.1, 0.15) is 11.6 Å². The maximum absolute atomic E-state index is 13.4. The Kier molecular flexibility index (Phi) is 4.79. The number of likely N-dealkylation sites (N-methyl/N-ethyl adjacent to an activating group) is 1. The van der Waals surface area contributed by atoms with E-state index < -0.39 is 0 Å². The maximum atomic E-state index is 13.4. The van der Waals surface area contributed by atoms with Crippen molar-refractivity contribution in [2.75, 3.05) is 20.7 Å². The number of benzene rings is 2. The molecule has 0 radical (unpaired) electrons. The Labute approximate surface area is 145 Å². The van der Waals surface area contributed by atoms with E-state index in [0.717, 1.165) is 11.3 Å². The number of hydrogen-bond acceptors (Lipinski definition) is 3. The lowest BCUT2D eigenvalue weighted by Gasteiger charge is -2.13. The van der Waals surface area contributed by atoms with Gasteiger partial charge < -0.3 is 9.64 Å². The van der Waals surface area contributed by atoms with Crippen LogP contribution in [-0.2, 0) is 4.79 Å². The van der Waals surface area contributed by atoms with Gasteiger partial charge >= 0.3 is 0 Å². The molecule has 128 valence electrons. The minimum absolute atomic E-state index is 0.0467. The minimum Gasteiger partial charge on any atom is -0.483 e. The van der Waals surface area contributed by atoms with Gasteiger partial charge in [0.15, 0.2) is 6.61 Å². The normalized spacial score (nSPS) is 10.5. The van der Waals surface area contributed by atoms with Gasteiger partial charge in [0, 0.05) is 25.2 Å². The molecule has 5 nitrogen and oxygen atoms in total. The molecule has 0 atom stereocenters. The summed E-state index contributed by atoms with van der Waals surface area (Å²) in [6.07, 6.45) is 0. The van der Waals surface area contributed by atoms with Crippen molar-refractivity contribution in [3.8, 4) is 28.3 Å². The number of halogens is 1. The van der Waals surface area contributed by atoms with E-state index in [1.165, 1.54) is 17.0 Å².